The molecule has 1 N–H and O–H groups in total. The van der Waals surface area contributed by atoms with Crippen molar-refractivity contribution in [3.8, 4) is 0 Å². The average molecular weight is 247 g/mol. The molecule has 2 nitrogen and oxygen atoms in total. The van der Waals surface area contributed by atoms with Gasteiger partial charge in [0.2, 0.25) is 0 Å². The maximum Gasteiger partial charge on any atom is 0.0865 e. The van der Waals surface area contributed by atoms with Crippen LogP contribution in [-0.2, 0) is 4.74 Å². The Bertz CT molecular complexity index is 364. The van der Waals surface area contributed by atoms with Crippen LogP contribution in [0.4, 0.5) is 0 Å². The van der Waals surface area contributed by atoms with Gasteiger partial charge in [-0.15, -0.1) is 0 Å². The molecule has 0 aromatic heterocycles. The van der Waals surface area contributed by atoms with Crippen LogP contribution >= 0.6 is 0 Å². The summed E-state index contributed by atoms with van der Waals surface area (Å²) < 4.78 is 6.02. The molecule has 2 unspecified atom stereocenters. The summed E-state index contributed by atoms with van der Waals surface area (Å²) in [7, 11) is 0. The number of nitrogens with one attached hydrogen (secondary N) is 1. The molecule has 1 fully saturated rings. The van der Waals surface area contributed by atoms with Crippen molar-refractivity contribution in [2.75, 3.05) is 19.7 Å². The summed E-state index contributed by atoms with van der Waals surface area (Å²) in [5.41, 5.74) is 2.67. The quantitative estimate of drug-likeness (QED) is 0.805. The van der Waals surface area contributed by atoms with Gasteiger partial charge >= 0.3 is 0 Å². The van der Waals surface area contributed by atoms with E-state index in [9.17, 15) is 0 Å². The van der Waals surface area contributed by atoms with E-state index in [4.69, 9.17) is 4.74 Å². The lowest BCUT2D eigenvalue weighted by Gasteiger charge is -2.32. The third-order valence-corrected chi connectivity index (χ3v) is 3.65. The molecular formula is C16H25NO. The van der Waals surface area contributed by atoms with Gasteiger partial charge in [0.15, 0.2) is 0 Å². The molecule has 2 rings (SSSR count). The minimum absolute atomic E-state index is 0.281. The summed E-state index contributed by atoms with van der Waals surface area (Å²) >= 11 is 0. The van der Waals surface area contributed by atoms with Crippen molar-refractivity contribution >= 4 is 0 Å². The first-order valence-electron chi connectivity index (χ1n) is 7.20. The number of rotatable bonds is 5. The van der Waals surface area contributed by atoms with Gasteiger partial charge in [0.25, 0.3) is 0 Å². The van der Waals surface area contributed by atoms with Crippen molar-refractivity contribution < 1.29 is 4.74 Å². The summed E-state index contributed by atoms with van der Waals surface area (Å²) in [5, 5.41) is 3.54. The highest BCUT2D eigenvalue weighted by Gasteiger charge is 2.26. The molecule has 0 amide bonds. The third kappa shape index (κ3) is 3.56. The maximum absolute atomic E-state index is 6.02. The zero-order chi connectivity index (χ0) is 12.8. The molecule has 0 aliphatic carbocycles. The van der Waals surface area contributed by atoms with E-state index in [0.717, 1.165) is 19.7 Å². The Kier molecular flexibility index (Phi) is 5.21. The SMILES string of the molecule is CCCNCC1CCCOC1c1cccc(C)c1. The topological polar surface area (TPSA) is 21.3 Å². The fraction of sp³-hybridized carbons (Fsp3) is 0.625. The Morgan fingerprint density at radius 3 is 3.06 bits per heavy atom. The van der Waals surface area contributed by atoms with Crippen LogP contribution in [0.5, 0.6) is 0 Å². The Morgan fingerprint density at radius 1 is 1.39 bits per heavy atom. The van der Waals surface area contributed by atoms with Crippen LogP contribution in [0.3, 0.4) is 0 Å². The molecule has 18 heavy (non-hydrogen) atoms. The minimum atomic E-state index is 0.281. The lowest BCUT2D eigenvalue weighted by Crippen LogP contribution is -2.32. The standard InChI is InChI=1S/C16H25NO/c1-3-9-17-12-15-8-5-10-18-16(15)14-7-4-6-13(2)11-14/h4,6-7,11,15-17H,3,5,8-10,12H2,1-2H3. The summed E-state index contributed by atoms with van der Waals surface area (Å²) in [6.45, 7) is 7.45. The fourth-order valence-corrected chi connectivity index (χ4v) is 2.73. The van der Waals surface area contributed by atoms with Gasteiger partial charge in [-0.25, -0.2) is 0 Å². The lowest BCUT2D eigenvalue weighted by molar-refractivity contribution is -0.0277. The van der Waals surface area contributed by atoms with Gasteiger partial charge in [-0.3, -0.25) is 0 Å². The number of ether oxygens (including phenoxy) is 1. The van der Waals surface area contributed by atoms with Crippen molar-refractivity contribution in [3.63, 3.8) is 0 Å². The molecule has 0 bridgehead atoms. The molecule has 1 aliphatic heterocycles. The average Bonchev–Trinajstić information content (AvgIpc) is 2.40. The van der Waals surface area contributed by atoms with Crippen LogP contribution < -0.4 is 5.32 Å². The Morgan fingerprint density at radius 2 is 2.28 bits per heavy atom. The molecule has 1 heterocycles. The summed E-state index contributed by atoms with van der Waals surface area (Å²) in [6, 6.07) is 8.76. The highest BCUT2D eigenvalue weighted by molar-refractivity contribution is 5.25. The van der Waals surface area contributed by atoms with E-state index in [-0.39, 0.29) is 6.10 Å². The smallest absolute Gasteiger partial charge is 0.0865 e. The second-order valence-corrected chi connectivity index (χ2v) is 5.31. The van der Waals surface area contributed by atoms with Crippen LogP contribution in [-0.4, -0.2) is 19.7 Å². The highest BCUT2D eigenvalue weighted by Crippen LogP contribution is 2.33. The zero-order valence-corrected chi connectivity index (χ0v) is 11.6. The number of aryl methyl sites for hydroxylation is 1. The molecule has 100 valence electrons. The molecule has 2 atom stereocenters. The monoisotopic (exact) mass is 247 g/mol. The van der Waals surface area contributed by atoms with E-state index in [2.05, 4.69) is 43.4 Å². The normalized spacial score (nSPS) is 24.1. The molecule has 0 radical (unpaired) electrons. The predicted octanol–water partition coefficient (Wildman–Crippen LogP) is 3.46. The van der Waals surface area contributed by atoms with E-state index in [1.165, 1.54) is 30.4 Å². The van der Waals surface area contributed by atoms with Gasteiger partial charge in [0.05, 0.1) is 6.10 Å². The first-order valence-corrected chi connectivity index (χ1v) is 7.20. The van der Waals surface area contributed by atoms with Crippen molar-refractivity contribution in [3.05, 3.63) is 35.4 Å². The van der Waals surface area contributed by atoms with Gasteiger partial charge in [-0.1, -0.05) is 36.8 Å². The minimum Gasteiger partial charge on any atom is -0.373 e. The third-order valence-electron chi connectivity index (χ3n) is 3.65. The van der Waals surface area contributed by atoms with Crippen molar-refractivity contribution in [1.82, 2.24) is 5.32 Å². The zero-order valence-electron chi connectivity index (χ0n) is 11.6. The van der Waals surface area contributed by atoms with Gasteiger partial charge in [-0.2, -0.15) is 0 Å². The van der Waals surface area contributed by atoms with Crippen LogP contribution in [0.1, 0.15) is 43.4 Å². The maximum atomic E-state index is 6.02. The second kappa shape index (κ2) is 6.91. The summed E-state index contributed by atoms with van der Waals surface area (Å²) in [5.74, 6) is 0.618. The first kappa shape index (κ1) is 13.6. The Hall–Kier alpha value is -0.860. The van der Waals surface area contributed by atoms with Crippen molar-refractivity contribution in [2.24, 2.45) is 5.92 Å². The van der Waals surface area contributed by atoms with E-state index in [0.29, 0.717) is 5.92 Å². The number of hydrogen-bond donors (Lipinski definition) is 1. The summed E-state index contributed by atoms with van der Waals surface area (Å²) in [4.78, 5) is 0. The Balaban J connectivity index is 2.03. The number of hydrogen-bond acceptors (Lipinski definition) is 2. The molecule has 0 spiro atoms. The second-order valence-electron chi connectivity index (χ2n) is 5.31. The molecule has 1 aromatic carbocycles. The largest absolute Gasteiger partial charge is 0.373 e. The molecule has 2 heteroatoms. The van der Waals surface area contributed by atoms with Gasteiger partial charge in [0, 0.05) is 19.1 Å². The van der Waals surface area contributed by atoms with Gasteiger partial charge in [-0.05, 0) is 38.3 Å². The van der Waals surface area contributed by atoms with Gasteiger partial charge in [0.1, 0.15) is 0 Å². The molecule has 1 aromatic rings. The van der Waals surface area contributed by atoms with Crippen LogP contribution in [0.25, 0.3) is 0 Å². The highest BCUT2D eigenvalue weighted by atomic mass is 16.5. The predicted molar refractivity (Wildman–Crippen MR) is 75.8 cm³/mol. The van der Waals surface area contributed by atoms with Crippen LogP contribution in [0.2, 0.25) is 0 Å². The van der Waals surface area contributed by atoms with E-state index in [1.807, 2.05) is 0 Å². The molecule has 0 saturated carbocycles. The summed E-state index contributed by atoms with van der Waals surface area (Å²) in [6.07, 6.45) is 3.95. The van der Waals surface area contributed by atoms with Crippen LogP contribution in [0.15, 0.2) is 24.3 Å². The first-order chi connectivity index (χ1) is 8.81. The van der Waals surface area contributed by atoms with Crippen molar-refractivity contribution in [1.29, 1.82) is 0 Å². The fourth-order valence-electron chi connectivity index (χ4n) is 2.73. The van der Waals surface area contributed by atoms with E-state index < -0.39 is 0 Å². The van der Waals surface area contributed by atoms with Crippen LogP contribution in [0, 0.1) is 12.8 Å². The van der Waals surface area contributed by atoms with E-state index in [1.54, 1.807) is 0 Å². The van der Waals surface area contributed by atoms with Crippen molar-refractivity contribution in [2.45, 2.75) is 39.2 Å². The lowest BCUT2D eigenvalue weighted by atomic mass is 9.89. The van der Waals surface area contributed by atoms with Gasteiger partial charge < -0.3 is 10.1 Å². The number of benzene rings is 1. The molecule has 1 aliphatic rings. The molecular weight excluding hydrogens is 222 g/mol. The van der Waals surface area contributed by atoms with E-state index >= 15 is 0 Å². The molecule has 1 saturated heterocycles. The Labute approximate surface area is 111 Å².